The van der Waals surface area contributed by atoms with E-state index in [-0.39, 0.29) is 5.97 Å². The normalized spacial score (nSPS) is 13.9. The van der Waals surface area contributed by atoms with Gasteiger partial charge in [0.2, 0.25) is 0 Å². The van der Waals surface area contributed by atoms with Gasteiger partial charge in [-0.25, -0.2) is 0 Å². The fourth-order valence-electron chi connectivity index (χ4n) is 1.70. The molecule has 0 aliphatic heterocycles. The predicted octanol–water partition coefficient (Wildman–Crippen LogP) is 3.47. The van der Waals surface area contributed by atoms with E-state index in [2.05, 4.69) is 33.4 Å². The lowest BCUT2D eigenvalue weighted by Gasteiger charge is -2.25. The number of methoxy groups -OCH3 is 1. The van der Waals surface area contributed by atoms with Crippen molar-refractivity contribution >= 4 is 33.7 Å². The third-order valence-corrected chi connectivity index (χ3v) is 4.72. The van der Waals surface area contributed by atoms with E-state index >= 15 is 0 Å². The number of hydrogen-bond donors (Lipinski definition) is 1. The predicted molar refractivity (Wildman–Crippen MR) is 83.6 cm³/mol. The van der Waals surface area contributed by atoms with Gasteiger partial charge in [0.05, 0.1) is 7.11 Å². The van der Waals surface area contributed by atoms with Crippen molar-refractivity contribution in [2.45, 2.75) is 30.2 Å². The summed E-state index contributed by atoms with van der Waals surface area (Å²) < 4.78 is 5.91. The molecule has 19 heavy (non-hydrogen) atoms. The number of rotatable bonds is 7. The van der Waals surface area contributed by atoms with E-state index in [4.69, 9.17) is 4.74 Å². The van der Waals surface area contributed by atoms with Gasteiger partial charge >= 0.3 is 5.97 Å². The summed E-state index contributed by atoms with van der Waals surface area (Å²) in [4.78, 5) is 12.9. The quantitative estimate of drug-likeness (QED) is 0.466. The van der Waals surface area contributed by atoms with Gasteiger partial charge in [-0.15, -0.1) is 11.8 Å². The monoisotopic (exact) mass is 345 g/mol. The van der Waals surface area contributed by atoms with Crippen molar-refractivity contribution in [3.05, 3.63) is 28.7 Å². The number of thioether (sulfide) groups is 1. The van der Waals surface area contributed by atoms with Crippen molar-refractivity contribution in [3.8, 4) is 0 Å². The molecule has 0 fully saturated rings. The average Bonchev–Trinajstić information content (AvgIpc) is 2.44. The lowest BCUT2D eigenvalue weighted by molar-refractivity contribution is -0.148. The molecule has 1 aromatic rings. The maximum Gasteiger partial charge on any atom is 0.325 e. The Labute approximate surface area is 127 Å². The smallest absolute Gasteiger partial charge is 0.325 e. The minimum atomic E-state index is -0.588. The van der Waals surface area contributed by atoms with E-state index in [1.54, 1.807) is 18.8 Å². The maximum absolute atomic E-state index is 11.7. The molecule has 0 bridgehead atoms. The van der Waals surface area contributed by atoms with Crippen LogP contribution >= 0.6 is 27.7 Å². The number of ether oxygens (including phenoxy) is 1. The summed E-state index contributed by atoms with van der Waals surface area (Å²) in [6.45, 7) is 1.88. The minimum Gasteiger partial charge on any atom is -0.468 e. The Morgan fingerprint density at radius 3 is 2.58 bits per heavy atom. The number of benzene rings is 1. The largest absolute Gasteiger partial charge is 0.468 e. The maximum atomic E-state index is 11.7. The molecule has 1 unspecified atom stereocenters. The third kappa shape index (κ3) is 5.16. The summed E-state index contributed by atoms with van der Waals surface area (Å²) in [5.41, 5.74) is -0.588. The number of likely N-dealkylation sites (N-methyl/N-ethyl adjacent to an activating group) is 1. The molecular weight excluding hydrogens is 326 g/mol. The lowest BCUT2D eigenvalue weighted by Crippen LogP contribution is -2.48. The molecule has 1 aromatic carbocycles. The summed E-state index contributed by atoms with van der Waals surface area (Å²) in [6, 6.07) is 8.25. The molecule has 0 saturated heterocycles. The zero-order valence-corrected chi connectivity index (χ0v) is 13.9. The number of carbonyl (C=O) groups excluding carboxylic acids is 1. The highest BCUT2D eigenvalue weighted by Gasteiger charge is 2.31. The van der Waals surface area contributed by atoms with E-state index in [1.807, 2.05) is 19.1 Å². The van der Waals surface area contributed by atoms with Crippen LogP contribution in [0.3, 0.4) is 0 Å². The van der Waals surface area contributed by atoms with E-state index in [0.717, 1.165) is 23.1 Å². The Hall–Kier alpha value is -0.520. The van der Waals surface area contributed by atoms with Crippen molar-refractivity contribution in [2.24, 2.45) is 0 Å². The molecule has 1 rings (SSSR count). The molecule has 0 spiro atoms. The van der Waals surface area contributed by atoms with E-state index < -0.39 is 5.54 Å². The summed E-state index contributed by atoms with van der Waals surface area (Å²) in [7, 11) is 3.22. The first-order valence-corrected chi connectivity index (χ1v) is 7.95. The second-order valence-electron chi connectivity index (χ2n) is 4.48. The number of carbonyl (C=O) groups is 1. The molecule has 106 valence electrons. The van der Waals surface area contributed by atoms with Crippen LogP contribution in [0, 0.1) is 0 Å². The van der Waals surface area contributed by atoms with Gasteiger partial charge in [0.15, 0.2) is 0 Å². The van der Waals surface area contributed by atoms with Crippen LogP contribution in [0.1, 0.15) is 19.8 Å². The Morgan fingerprint density at radius 1 is 1.42 bits per heavy atom. The zero-order chi connectivity index (χ0) is 14.3. The fourth-order valence-corrected chi connectivity index (χ4v) is 2.82. The van der Waals surface area contributed by atoms with Gasteiger partial charge in [-0.05, 0) is 56.8 Å². The Morgan fingerprint density at radius 2 is 2.05 bits per heavy atom. The molecule has 1 N–H and O–H groups in total. The van der Waals surface area contributed by atoms with Crippen molar-refractivity contribution in [3.63, 3.8) is 0 Å². The first-order valence-electron chi connectivity index (χ1n) is 6.17. The Balaban J connectivity index is 2.37. The standard InChI is InChI=1S/C14H20BrNO2S/c1-14(16-2,13(17)18-3)9-4-10-19-12-7-5-11(15)6-8-12/h5-8,16H,4,9-10H2,1-3H3. The molecule has 0 aliphatic carbocycles. The van der Waals surface area contributed by atoms with Crippen molar-refractivity contribution in [2.75, 3.05) is 19.9 Å². The molecule has 3 nitrogen and oxygen atoms in total. The minimum absolute atomic E-state index is 0.205. The van der Waals surface area contributed by atoms with E-state index in [1.165, 1.54) is 12.0 Å². The zero-order valence-electron chi connectivity index (χ0n) is 11.5. The highest BCUT2D eigenvalue weighted by Crippen LogP contribution is 2.23. The van der Waals surface area contributed by atoms with Crippen LogP contribution in [0.2, 0.25) is 0 Å². The van der Waals surface area contributed by atoms with Gasteiger partial charge < -0.3 is 10.1 Å². The van der Waals surface area contributed by atoms with Gasteiger partial charge in [-0.3, -0.25) is 4.79 Å². The van der Waals surface area contributed by atoms with Crippen LogP contribution in [0.4, 0.5) is 0 Å². The first kappa shape index (κ1) is 16.5. The van der Waals surface area contributed by atoms with Crippen LogP contribution in [-0.4, -0.2) is 31.4 Å². The fraction of sp³-hybridized carbons (Fsp3) is 0.500. The molecule has 0 heterocycles. The molecule has 5 heteroatoms. The first-order chi connectivity index (χ1) is 9.01. The van der Waals surface area contributed by atoms with Crippen molar-refractivity contribution in [1.82, 2.24) is 5.32 Å². The number of halogens is 1. The van der Waals surface area contributed by atoms with Crippen molar-refractivity contribution < 1.29 is 9.53 Å². The molecule has 0 radical (unpaired) electrons. The Bertz CT molecular complexity index is 410. The van der Waals surface area contributed by atoms with Crippen LogP contribution in [0.15, 0.2) is 33.6 Å². The van der Waals surface area contributed by atoms with Crippen LogP contribution in [-0.2, 0) is 9.53 Å². The van der Waals surface area contributed by atoms with Crippen molar-refractivity contribution in [1.29, 1.82) is 0 Å². The lowest BCUT2D eigenvalue weighted by atomic mass is 9.97. The summed E-state index contributed by atoms with van der Waals surface area (Å²) in [5, 5.41) is 3.05. The molecule has 0 saturated carbocycles. The topological polar surface area (TPSA) is 38.3 Å². The SMILES string of the molecule is CNC(C)(CCCSc1ccc(Br)cc1)C(=O)OC. The van der Waals surface area contributed by atoms with Gasteiger partial charge in [-0.1, -0.05) is 15.9 Å². The van der Waals surface area contributed by atoms with E-state index in [0.29, 0.717) is 0 Å². The highest BCUT2D eigenvalue weighted by atomic mass is 79.9. The van der Waals surface area contributed by atoms with Crippen LogP contribution in [0.5, 0.6) is 0 Å². The molecule has 0 aromatic heterocycles. The molecule has 1 atom stereocenters. The molecular formula is C14H20BrNO2S. The number of hydrogen-bond acceptors (Lipinski definition) is 4. The summed E-state index contributed by atoms with van der Waals surface area (Å²) in [5.74, 6) is 0.777. The van der Waals surface area contributed by atoms with Gasteiger partial charge in [0.1, 0.15) is 5.54 Å². The average molecular weight is 346 g/mol. The van der Waals surface area contributed by atoms with Crippen LogP contribution in [0.25, 0.3) is 0 Å². The molecule has 0 amide bonds. The van der Waals surface area contributed by atoms with Gasteiger partial charge in [0, 0.05) is 9.37 Å². The second kappa shape index (κ2) is 7.92. The number of nitrogens with one attached hydrogen (secondary N) is 1. The summed E-state index contributed by atoms with van der Waals surface area (Å²) >= 11 is 5.22. The Kier molecular flexibility index (Phi) is 6.89. The second-order valence-corrected chi connectivity index (χ2v) is 6.56. The highest BCUT2D eigenvalue weighted by molar-refractivity contribution is 9.10. The summed E-state index contributed by atoms with van der Waals surface area (Å²) in [6.07, 6.45) is 1.72. The van der Waals surface area contributed by atoms with E-state index in [9.17, 15) is 4.79 Å². The number of esters is 1. The molecule has 0 aliphatic rings. The third-order valence-electron chi connectivity index (χ3n) is 3.09. The van der Waals surface area contributed by atoms with Gasteiger partial charge in [-0.2, -0.15) is 0 Å². The van der Waals surface area contributed by atoms with Crippen LogP contribution < -0.4 is 5.32 Å². The van der Waals surface area contributed by atoms with Gasteiger partial charge in [0.25, 0.3) is 0 Å².